The SMILES string of the molecule is CCNC(C)c1ccc(OC)cc1OCCN(CC)CC. The highest BCUT2D eigenvalue weighted by atomic mass is 16.5. The fourth-order valence-electron chi connectivity index (χ4n) is 2.37. The zero-order chi connectivity index (χ0) is 15.7. The molecule has 1 rings (SSSR count). The molecular weight excluding hydrogens is 264 g/mol. The number of hydrogen-bond donors (Lipinski definition) is 1. The van der Waals surface area contributed by atoms with Gasteiger partial charge in [0, 0.05) is 24.2 Å². The minimum Gasteiger partial charge on any atom is -0.497 e. The summed E-state index contributed by atoms with van der Waals surface area (Å²) in [5.74, 6) is 1.75. The summed E-state index contributed by atoms with van der Waals surface area (Å²) in [7, 11) is 1.68. The Morgan fingerprint density at radius 2 is 1.90 bits per heavy atom. The smallest absolute Gasteiger partial charge is 0.127 e. The van der Waals surface area contributed by atoms with E-state index in [0.717, 1.165) is 37.7 Å². The summed E-state index contributed by atoms with van der Waals surface area (Å²) in [6, 6.07) is 6.31. The average Bonchev–Trinajstić information content (AvgIpc) is 2.51. The maximum atomic E-state index is 6.02. The van der Waals surface area contributed by atoms with Crippen molar-refractivity contribution in [1.82, 2.24) is 10.2 Å². The first-order chi connectivity index (χ1) is 10.2. The second-order valence-electron chi connectivity index (χ2n) is 5.06. The van der Waals surface area contributed by atoms with Crippen LogP contribution in [-0.2, 0) is 0 Å². The first-order valence-corrected chi connectivity index (χ1v) is 7.92. The van der Waals surface area contributed by atoms with E-state index in [0.29, 0.717) is 6.61 Å². The molecule has 0 aliphatic rings. The van der Waals surface area contributed by atoms with E-state index in [1.807, 2.05) is 12.1 Å². The number of hydrogen-bond acceptors (Lipinski definition) is 4. The molecule has 1 atom stereocenters. The van der Waals surface area contributed by atoms with Gasteiger partial charge in [-0.3, -0.25) is 0 Å². The Morgan fingerprint density at radius 1 is 1.19 bits per heavy atom. The lowest BCUT2D eigenvalue weighted by molar-refractivity contribution is 0.220. The molecule has 0 fully saturated rings. The molecule has 1 N–H and O–H groups in total. The molecule has 21 heavy (non-hydrogen) atoms. The second-order valence-corrected chi connectivity index (χ2v) is 5.06. The molecule has 0 heterocycles. The molecule has 0 aliphatic heterocycles. The quantitative estimate of drug-likeness (QED) is 0.719. The fourth-order valence-corrected chi connectivity index (χ4v) is 2.37. The van der Waals surface area contributed by atoms with Gasteiger partial charge in [-0.2, -0.15) is 0 Å². The van der Waals surface area contributed by atoms with Gasteiger partial charge in [0.05, 0.1) is 7.11 Å². The highest BCUT2D eigenvalue weighted by Crippen LogP contribution is 2.29. The molecule has 0 radical (unpaired) electrons. The summed E-state index contributed by atoms with van der Waals surface area (Å²) in [5.41, 5.74) is 1.18. The van der Waals surface area contributed by atoms with Crippen LogP contribution < -0.4 is 14.8 Å². The predicted octanol–water partition coefficient (Wildman–Crippen LogP) is 3.09. The largest absolute Gasteiger partial charge is 0.497 e. The van der Waals surface area contributed by atoms with E-state index < -0.39 is 0 Å². The van der Waals surface area contributed by atoms with Crippen molar-refractivity contribution in [2.75, 3.05) is 39.9 Å². The van der Waals surface area contributed by atoms with Crippen LogP contribution in [0.25, 0.3) is 0 Å². The summed E-state index contributed by atoms with van der Waals surface area (Å²) in [6.45, 7) is 13.3. The zero-order valence-electron chi connectivity index (χ0n) is 14.1. The van der Waals surface area contributed by atoms with Crippen LogP contribution in [0.3, 0.4) is 0 Å². The van der Waals surface area contributed by atoms with E-state index in [9.17, 15) is 0 Å². The maximum Gasteiger partial charge on any atom is 0.127 e. The lowest BCUT2D eigenvalue weighted by atomic mass is 10.1. The van der Waals surface area contributed by atoms with Gasteiger partial charge >= 0.3 is 0 Å². The van der Waals surface area contributed by atoms with E-state index in [1.54, 1.807) is 7.11 Å². The Hall–Kier alpha value is -1.26. The van der Waals surface area contributed by atoms with E-state index in [-0.39, 0.29) is 6.04 Å². The second kappa shape index (κ2) is 9.64. The number of nitrogens with one attached hydrogen (secondary N) is 1. The first-order valence-electron chi connectivity index (χ1n) is 7.92. The Labute approximate surface area is 129 Å². The molecular formula is C17H30N2O2. The van der Waals surface area contributed by atoms with Gasteiger partial charge in [-0.15, -0.1) is 0 Å². The van der Waals surface area contributed by atoms with Crippen LogP contribution in [-0.4, -0.2) is 44.8 Å². The molecule has 0 amide bonds. The summed E-state index contributed by atoms with van der Waals surface area (Å²) in [6.07, 6.45) is 0. The highest BCUT2D eigenvalue weighted by Gasteiger charge is 2.12. The zero-order valence-corrected chi connectivity index (χ0v) is 14.1. The monoisotopic (exact) mass is 294 g/mol. The van der Waals surface area contributed by atoms with Crippen molar-refractivity contribution >= 4 is 0 Å². The molecule has 0 spiro atoms. The summed E-state index contributed by atoms with van der Waals surface area (Å²) in [4.78, 5) is 2.35. The predicted molar refractivity (Wildman–Crippen MR) is 88.4 cm³/mol. The molecule has 1 aromatic carbocycles. The number of rotatable bonds is 10. The third-order valence-electron chi connectivity index (χ3n) is 3.76. The van der Waals surface area contributed by atoms with Crippen molar-refractivity contribution in [3.8, 4) is 11.5 Å². The maximum absolute atomic E-state index is 6.02. The van der Waals surface area contributed by atoms with E-state index in [4.69, 9.17) is 9.47 Å². The van der Waals surface area contributed by atoms with Crippen LogP contribution in [0.15, 0.2) is 18.2 Å². The molecule has 0 saturated heterocycles. The van der Waals surface area contributed by atoms with Gasteiger partial charge in [-0.1, -0.05) is 26.8 Å². The van der Waals surface area contributed by atoms with Crippen LogP contribution in [0.4, 0.5) is 0 Å². The van der Waals surface area contributed by atoms with Crippen molar-refractivity contribution in [2.24, 2.45) is 0 Å². The average molecular weight is 294 g/mol. The van der Waals surface area contributed by atoms with Crippen molar-refractivity contribution < 1.29 is 9.47 Å². The number of nitrogens with zero attached hydrogens (tertiary/aromatic N) is 1. The van der Waals surface area contributed by atoms with Gasteiger partial charge in [0.1, 0.15) is 18.1 Å². The van der Waals surface area contributed by atoms with Crippen molar-refractivity contribution in [3.05, 3.63) is 23.8 Å². The fraction of sp³-hybridized carbons (Fsp3) is 0.647. The van der Waals surface area contributed by atoms with Gasteiger partial charge in [0.15, 0.2) is 0 Å². The Bertz CT molecular complexity index is 406. The molecule has 4 heteroatoms. The summed E-state index contributed by atoms with van der Waals surface area (Å²) in [5, 5.41) is 3.43. The third kappa shape index (κ3) is 5.56. The Balaban J connectivity index is 2.76. The van der Waals surface area contributed by atoms with Gasteiger partial charge in [-0.05, 0) is 32.6 Å². The van der Waals surface area contributed by atoms with Crippen LogP contribution in [0.2, 0.25) is 0 Å². The number of methoxy groups -OCH3 is 1. The van der Waals surface area contributed by atoms with Crippen LogP contribution in [0.1, 0.15) is 39.3 Å². The molecule has 1 aromatic rings. The van der Waals surface area contributed by atoms with Crippen LogP contribution in [0, 0.1) is 0 Å². The van der Waals surface area contributed by atoms with Gasteiger partial charge < -0.3 is 19.7 Å². The molecule has 0 bridgehead atoms. The Morgan fingerprint density at radius 3 is 2.48 bits per heavy atom. The topological polar surface area (TPSA) is 33.7 Å². The number of ether oxygens (including phenoxy) is 2. The molecule has 0 saturated carbocycles. The minimum atomic E-state index is 0.268. The van der Waals surface area contributed by atoms with Crippen molar-refractivity contribution in [1.29, 1.82) is 0 Å². The number of likely N-dealkylation sites (N-methyl/N-ethyl adjacent to an activating group) is 1. The van der Waals surface area contributed by atoms with E-state index in [2.05, 4.69) is 44.0 Å². The molecule has 0 aromatic heterocycles. The lowest BCUT2D eigenvalue weighted by Gasteiger charge is -2.21. The highest BCUT2D eigenvalue weighted by molar-refractivity contribution is 5.42. The summed E-state index contributed by atoms with van der Waals surface area (Å²) >= 11 is 0. The molecule has 4 nitrogen and oxygen atoms in total. The van der Waals surface area contributed by atoms with E-state index >= 15 is 0 Å². The third-order valence-corrected chi connectivity index (χ3v) is 3.76. The Kier molecular flexibility index (Phi) is 8.16. The van der Waals surface area contributed by atoms with Crippen LogP contribution >= 0.6 is 0 Å². The molecule has 0 aliphatic carbocycles. The van der Waals surface area contributed by atoms with Crippen molar-refractivity contribution in [2.45, 2.75) is 33.7 Å². The normalized spacial score (nSPS) is 12.5. The van der Waals surface area contributed by atoms with Gasteiger partial charge in [-0.25, -0.2) is 0 Å². The summed E-state index contributed by atoms with van der Waals surface area (Å²) < 4.78 is 11.3. The lowest BCUT2D eigenvalue weighted by Crippen LogP contribution is -2.28. The van der Waals surface area contributed by atoms with Gasteiger partial charge in [0.25, 0.3) is 0 Å². The van der Waals surface area contributed by atoms with Crippen molar-refractivity contribution in [3.63, 3.8) is 0 Å². The van der Waals surface area contributed by atoms with Gasteiger partial charge in [0.2, 0.25) is 0 Å². The first kappa shape index (κ1) is 17.8. The van der Waals surface area contributed by atoms with Crippen LogP contribution in [0.5, 0.6) is 11.5 Å². The van der Waals surface area contributed by atoms with E-state index in [1.165, 1.54) is 5.56 Å². The molecule has 1 unspecified atom stereocenters. The molecule has 120 valence electrons. The number of benzene rings is 1. The minimum absolute atomic E-state index is 0.268. The standard InChI is InChI=1S/C17H30N2O2/c1-6-18-14(4)16-10-9-15(20-5)13-17(16)21-12-11-19(7-2)8-3/h9-10,13-14,18H,6-8,11-12H2,1-5H3.